The summed E-state index contributed by atoms with van der Waals surface area (Å²) in [7, 11) is 2.70. The summed E-state index contributed by atoms with van der Waals surface area (Å²) < 4.78 is 22.6. The highest BCUT2D eigenvalue weighted by molar-refractivity contribution is 5.92. The van der Waals surface area contributed by atoms with Gasteiger partial charge in [-0.25, -0.2) is 9.18 Å². The van der Waals surface area contributed by atoms with Crippen molar-refractivity contribution in [3.63, 3.8) is 0 Å². The third-order valence-electron chi connectivity index (χ3n) is 1.88. The molecule has 1 aromatic rings. The highest BCUT2D eigenvalue weighted by atomic mass is 19.1. The Morgan fingerprint density at radius 3 is 2.60 bits per heavy atom. The van der Waals surface area contributed by atoms with E-state index in [2.05, 4.69) is 0 Å². The third-order valence-corrected chi connectivity index (χ3v) is 1.88. The van der Waals surface area contributed by atoms with Crippen molar-refractivity contribution in [3.05, 3.63) is 29.1 Å². The summed E-state index contributed by atoms with van der Waals surface area (Å²) in [6.07, 6.45) is 0. The molecule has 4 nitrogen and oxygen atoms in total. The molecule has 1 rings (SSSR count). The van der Waals surface area contributed by atoms with Gasteiger partial charge in [-0.15, -0.1) is 0 Å². The average Bonchev–Trinajstić information content (AvgIpc) is 2.16. The lowest BCUT2D eigenvalue weighted by molar-refractivity contribution is 0.0688. The zero-order valence-electron chi connectivity index (χ0n) is 8.41. The third kappa shape index (κ3) is 2.44. The number of halogens is 1. The Labute approximate surface area is 86.2 Å². The normalized spacial score (nSPS) is 10.1. The number of carbonyl (C=O) groups is 1. The molecule has 1 N–H and O–H groups in total. The van der Waals surface area contributed by atoms with E-state index in [4.69, 9.17) is 14.6 Å². The Balaban J connectivity index is 3.33. The monoisotopic (exact) mass is 214 g/mol. The lowest BCUT2D eigenvalue weighted by atomic mass is 10.1. The van der Waals surface area contributed by atoms with Gasteiger partial charge in [0.2, 0.25) is 0 Å². The van der Waals surface area contributed by atoms with Crippen LogP contribution in [0.3, 0.4) is 0 Å². The van der Waals surface area contributed by atoms with Crippen LogP contribution in [0.25, 0.3) is 0 Å². The van der Waals surface area contributed by atoms with Crippen molar-refractivity contribution in [1.29, 1.82) is 0 Å². The van der Waals surface area contributed by atoms with Crippen molar-refractivity contribution in [2.24, 2.45) is 0 Å². The van der Waals surface area contributed by atoms with Gasteiger partial charge in [-0.05, 0) is 11.6 Å². The molecule has 0 fully saturated rings. The van der Waals surface area contributed by atoms with Crippen LogP contribution in [0.15, 0.2) is 12.1 Å². The van der Waals surface area contributed by atoms with Gasteiger partial charge in [0.25, 0.3) is 0 Å². The minimum absolute atomic E-state index is 0.00505. The molecule has 0 aromatic heterocycles. The van der Waals surface area contributed by atoms with E-state index in [0.29, 0.717) is 0 Å². The summed E-state index contributed by atoms with van der Waals surface area (Å²) in [5.74, 6) is -1.72. The summed E-state index contributed by atoms with van der Waals surface area (Å²) in [4.78, 5) is 10.9. The number of carboxylic acids is 1. The van der Waals surface area contributed by atoms with Gasteiger partial charge in [-0.2, -0.15) is 0 Å². The van der Waals surface area contributed by atoms with E-state index in [0.717, 1.165) is 12.1 Å². The Morgan fingerprint density at radius 1 is 1.47 bits per heavy atom. The largest absolute Gasteiger partial charge is 0.496 e. The molecule has 15 heavy (non-hydrogen) atoms. The van der Waals surface area contributed by atoms with E-state index >= 15 is 0 Å². The number of aromatic carboxylic acids is 1. The Kier molecular flexibility index (Phi) is 3.62. The van der Waals surface area contributed by atoms with Gasteiger partial charge >= 0.3 is 5.97 Å². The van der Waals surface area contributed by atoms with Gasteiger partial charge in [0, 0.05) is 13.2 Å². The Morgan fingerprint density at radius 2 is 2.13 bits per heavy atom. The fourth-order valence-corrected chi connectivity index (χ4v) is 1.31. The molecule has 0 amide bonds. The molecule has 82 valence electrons. The van der Waals surface area contributed by atoms with Crippen LogP contribution in [-0.2, 0) is 11.3 Å². The predicted octanol–water partition coefficient (Wildman–Crippen LogP) is 1.68. The minimum Gasteiger partial charge on any atom is -0.496 e. The molecule has 0 aliphatic heterocycles. The van der Waals surface area contributed by atoms with Crippen LogP contribution in [0.1, 0.15) is 15.9 Å². The number of rotatable bonds is 4. The molecule has 0 heterocycles. The van der Waals surface area contributed by atoms with Crippen LogP contribution in [0.4, 0.5) is 4.39 Å². The predicted molar refractivity (Wildman–Crippen MR) is 50.6 cm³/mol. The van der Waals surface area contributed by atoms with E-state index in [1.54, 1.807) is 0 Å². The molecule has 1 aromatic carbocycles. The topological polar surface area (TPSA) is 55.8 Å². The quantitative estimate of drug-likeness (QED) is 0.828. The van der Waals surface area contributed by atoms with Crippen molar-refractivity contribution < 1.29 is 23.8 Å². The number of carboxylic acid groups (broad SMARTS) is 1. The average molecular weight is 214 g/mol. The maximum Gasteiger partial charge on any atom is 0.339 e. The van der Waals surface area contributed by atoms with Crippen molar-refractivity contribution in [3.8, 4) is 5.75 Å². The first kappa shape index (κ1) is 11.5. The van der Waals surface area contributed by atoms with Gasteiger partial charge < -0.3 is 14.6 Å². The van der Waals surface area contributed by atoms with Crippen LogP contribution < -0.4 is 4.74 Å². The van der Waals surface area contributed by atoms with Crippen LogP contribution >= 0.6 is 0 Å². The summed E-state index contributed by atoms with van der Waals surface area (Å²) in [5, 5.41) is 8.94. The van der Waals surface area contributed by atoms with E-state index in [9.17, 15) is 9.18 Å². The molecule has 0 saturated carbocycles. The van der Waals surface area contributed by atoms with E-state index in [-0.39, 0.29) is 23.5 Å². The first-order valence-electron chi connectivity index (χ1n) is 4.18. The molecule has 0 unspecified atom stereocenters. The van der Waals surface area contributed by atoms with Gasteiger partial charge in [0.05, 0.1) is 13.7 Å². The van der Waals surface area contributed by atoms with E-state index in [1.165, 1.54) is 14.2 Å². The highest BCUT2D eigenvalue weighted by Gasteiger charge is 2.17. The molecular weight excluding hydrogens is 203 g/mol. The summed E-state index contributed by atoms with van der Waals surface area (Å²) in [5.41, 5.74) is 0.183. The molecule has 0 saturated heterocycles. The lowest BCUT2D eigenvalue weighted by Crippen LogP contribution is -2.07. The molecule has 5 heteroatoms. The first-order chi connectivity index (χ1) is 7.10. The van der Waals surface area contributed by atoms with Crippen LogP contribution in [-0.4, -0.2) is 25.3 Å². The number of benzene rings is 1. The van der Waals surface area contributed by atoms with Crippen LogP contribution in [0, 0.1) is 5.82 Å². The second-order valence-electron chi connectivity index (χ2n) is 2.88. The number of methoxy groups -OCH3 is 2. The molecule has 0 atom stereocenters. The Hall–Kier alpha value is -1.62. The highest BCUT2D eigenvalue weighted by Crippen LogP contribution is 2.24. The van der Waals surface area contributed by atoms with Gasteiger partial charge in [-0.3, -0.25) is 0 Å². The van der Waals surface area contributed by atoms with Crippen molar-refractivity contribution in [2.45, 2.75) is 6.61 Å². The van der Waals surface area contributed by atoms with Gasteiger partial charge in [-0.1, -0.05) is 0 Å². The summed E-state index contributed by atoms with van der Waals surface area (Å²) in [6.45, 7) is 0.0236. The molecule has 0 spiro atoms. The van der Waals surface area contributed by atoms with Gasteiger partial charge in [0.1, 0.15) is 17.1 Å². The minimum atomic E-state index is -1.17. The van der Waals surface area contributed by atoms with E-state index < -0.39 is 11.8 Å². The SMILES string of the molecule is COCc1cc(F)cc(OC)c1C(=O)O. The molecule has 0 bridgehead atoms. The second kappa shape index (κ2) is 4.75. The number of hydrogen-bond donors (Lipinski definition) is 1. The van der Waals surface area contributed by atoms with Crippen molar-refractivity contribution in [2.75, 3.05) is 14.2 Å². The second-order valence-corrected chi connectivity index (χ2v) is 2.88. The fourth-order valence-electron chi connectivity index (χ4n) is 1.31. The fraction of sp³-hybridized carbons (Fsp3) is 0.300. The number of hydrogen-bond acceptors (Lipinski definition) is 3. The molecule has 0 aliphatic carbocycles. The van der Waals surface area contributed by atoms with Gasteiger partial charge in [0.15, 0.2) is 0 Å². The first-order valence-corrected chi connectivity index (χ1v) is 4.18. The number of ether oxygens (including phenoxy) is 2. The van der Waals surface area contributed by atoms with Crippen LogP contribution in [0.5, 0.6) is 5.75 Å². The van der Waals surface area contributed by atoms with Crippen LogP contribution in [0.2, 0.25) is 0 Å². The zero-order chi connectivity index (χ0) is 11.4. The van der Waals surface area contributed by atoms with Crippen molar-refractivity contribution in [1.82, 2.24) is 0 Å². The maximum atomic E-state index is 13.1. The summed E-state index contributed by atoms with van der Waals surface area (Å²) >= 11 is 0. The van der Waals surface area contributed by atoms with E-state index in [1.807, 2.05) is 0 Å². The standard InChI is InChI=1S/C10H11FO4/c1-14-5-6-3-7(11)4-8(15-2)9(6)10(12)13/h3-4H,5H2,1-2H3,(H,12,13). The molecule has 0 aliphatic rings. The smallest absolute Gasteiger partial charge is 0.339 e. The Bertz CT molecular complexity index is 376. The zero-order valence-corrected chi connectivity index (χ0v) is 8.41. The molecule has 0 radical (unpaired) electrons. The van der Waals surface area contributed by atoms with Crippen molar-refractivity contribution >= 4 is 5.97 Å². The lowest BCUT2D eigenvalue weighted by Gasteiger charge is -2.10. The maximum absolute atomic E-state index is 13.1. The molecular formula is C10H11FO4. The summed E-state index contributed by atoms with van der Waals surface area (Å²) in [6, 6.07) is 2.15.